The van der Waals surface area contributed by atoms with Crippen LogP contribution in [0.15, 0.2) is 218 Å². The van der Waals surface area contributed by atoms with Gasteiger partial charge < -0.3 is 9.80 Å². The molecular weight excluding hydrogens is 725 g/mol. The molecule has 0 unspecified atom stereocenters. The molecule has 0 heterocycles. The van der Waals surface area contributed by atoms with Gasteiger partial charge in [0.05, 0.1) is 22.7 Å². The van der Waals surface area contributed by atoms with Crippen molar-refractivity contribution in [1.82, 2.24) is 0 Å². The van der Waals surface area contributed by atoms with Gasteiger partial charge in [-0.25, -0.2) is 0 Å². The summed E-state index contributed by atoms with van der Waals surface area (Å²) in [7, 11) is 0. The second-order valence-corrected chi connectivity index (χ2v) is 16.0. The van der Waals surface area contributed by atoms with Gasteiger partial charge in [0, 0.05) is 35.3 Å². The monoisotopic (exact) mass is 764 g/mol. The molecule has 0 atom stereocenters. The minimum absolute atomic E-state index is 0.886. The first-order valence-electron chi connectivity index (χ1n) is 20.9. The normalized spacial score (nSPS) is 12.2. The zero-order valence-electron chi connectivity index (χ0n) is 33.1. The standard InChI is InChI=1S/C58H40N2/c1-3-21-43(22-4-1)59(53-31-15-29-49-45-25-11-9-19-41(45)37-51(49)53)55-35-33-39-17-7-13-27-47(39)57(55)58-48-28-14-8-18-40(48)34-36-56(58)60(44-23-5-2-6-24-44)54-32-16-30-50-46-26-12-10-20-42(46)38-52(50)54/h1-36H,37-38H2. The molecule has 12 rings (SSSR count). The summed E-state index contributed by atoms with van der Waals surface area (Å²) >= 11 is 0. The number of nitrogens with zero attached hydrogens (tertiary/aromatic N) is 2. The smallest absolute Gasteiger partial charge is 0.0547 e. The molecule has 2 heteroatoms. The molecule has 10 aromatic carbocycles. The summed E-state index contributed by atoms with van der Waals surface area (Å²) in [5.41, 5.74) is 20.1. The van der Waals surface area contributed by atoms with Crippen LogP contribution >= 0.6 is 0 Å². The van der Waals surface area contributed by atoms with Crippen molar-refractivity contribution < 1.29 is 0 Å². The van der Waals surface area contributed by atoms with E-state index in [1.165, 1.54) is 88.6 Å². The summed E-state index contributed by atoms with van der Waals surface area (Å²) in [6.45, 7) is 0. The molecule has 0 saturated heterocycles. The Labute approximate surface area is 350 Å². The van der Waals surface area contributed by atoms with Crippen LogP contribution in [0, 0.1) is 0 Å². The molecule has 0 bridgehead atoms. The van der Waals surface area contributed by atoms with Crippen LogP contribution in [-0.2, 0) is 12.8 Å². The first-order chi connectivity index (χ1) is 29.8. The Bertz CT molecular complexity index is 3050. The highest BCUT2D eigenvalue weighted by Gasteiger charge is 2.31. The number of anilines is 6. The first-order valence-corrected chi connectivity index (χ1v) is 20.9. The van der Waals surface area contributed by atoms with Crippen molar-refractivity contribution in [2.45, 2.75) is 12.8 Å². The van der Waals surface area contributed by atoms with Crippen molar-refractivity contribution in [2.75, 3.05) is 9.80 Å². The molecule has 60 heavy (non-hydrogen) atoms. The topological polar surface area (TPSA) is 6.48 Å². The van der Waals surface area contributed by atoms with Crippen LogP contribution in [0.3, 0.4) is 0 Å². The molecule has 0 amide bonds. The third-order valence-electron chi connectivity index (χ3n) is 12.7. The summed E-state index contributed by atoms with van der Waals surface area (Å²) < 4.78 is 0. The van der Waals surface area contributed by atoms with E-state index < -0.39 is 0 Å². The van der Waals surface area contributed by atoms with Crippen LogP contribution in [0.25, 0.3) is 54.9 Å². The van der Waals surface area contributed by atoms with Gasteiger partial charge in [0.2, 0.25) is 0 Å². The molecule has 0 spiro atoms. The van der Waals surface area contributed by atoms with Gasteiger partial charge in [-0.2, -0.15) is 0 Å². The number of rotatable bonds is 7. The molecule has 0 aliphatic heterocycles. The zero-order valence-corrected chi connectivity index (χ0v) is 33.1. The molecule has 0 aromatic heterocycles. The van der Waals surface area contributed by atoms with Gasteiger partial charge in [-0.1, -0.05) is 170 Å². The van der Waals surface area contributed by atoms with E-state index in [0.29, 0.717) is 0 Å². The molecule has 10 aromatic rings. The Hall–Kier alpha value is -7.68. The van der Waals surface area contributed by atoms with Crippen LogP contribution in [-0.4, -0.2) is 0 Å². The molecule has 2 aliphatic rings. The summed E-state index contributed by atoms with van der Waals surface area (Å²) in [6, 6.07) is 80.6. The van der Waals surface area contributed by atoms with E-state index in [-0.39, 0.29) is 0 Å². The maximum absolute atomic E-state index is 2.53. The highest BCUT2D eigenvalue weighted by Crippen LogP contribution is 2.54. The van der Waals surface area contributed by atoms with Gasteiger partial charge in [0.15, 0.2) is 0 Å². The number of fused-ring (bicyclic) bond motifs is 8. The third kappa shape index (κ3) is 5.42. The molecule has 282 valence electrons. The lowest BCUT2D eigenvalue weighted by atomic mass is 9.89. The Morgan fingerprint density at radius 2 is 0.650 bits per heavy atom. The minimum atomic E-state index is 0.886. The van der Waals surface area contributed by atoms with Crippen LogP contribution in [0.5, 0.6) is 0 Å². The molecule has 2 aliphatic carbocycles. The predicted octanol–water partition coefficient (Wildman–Crippen LogP) is 15.7. The van der Waals surface area contributed by atoms with E-state index >= 15 is 0 Å². The maximum atomic E-state index is 2.53. The Morgan fingerprint density at radius 1 is 0.267 bits per heavy atom. The number of benzene rings is 10. The number of hydrogen-bond donors (Lipinski definition) is 0. The molecule has 2 nitrogen and oxygen atoms in total. The fourth-order valence-corrected chi connectivity index (χ4v) is 10.1. The largest absolute Gasteiger partial charge is 0.310 e. The van der Waals surface area contributed by atoms with E-state index in [0.717, 1.165) is 35.6 Å². The summed E-state index contributed by atoms with van der Waals surface area (Å²) in [5.74, 6) is 0. The Balaban J connectivity index is 1.19. The van der Waals surface area contributed by atoms with Crippen molar-refractivity contribution in [3.05, 3.63) is 241 Å². The third-order valence-corrected chi connectivity index (χ3v) is 12.7. The highest BCUT2D eigenvalue weighted by molar-refractivity contribution is 6.16. The van der Waals surface area contributed by atoms with Gasteiger partial charge in [-0.3, -0.25) is 0 Å². The van der Waals surface area contributed by atoms with E-state index in [2.05, 4.69) is 228 Å². The van der Waals surface area contributed by atoms with Crippen LogP contribution in [0.1, 0.15) is 22.3 Å². The lowest BCUT2D eigenvalue weighted by molar-refractivity contribution is 1.19. The highest BCUT2D eigenvalue weighted by atomic mass is 15.2. The minimum Gasteiger partial charge on any atom is -0.310 e. The SMILES string of the molecule is c1ccc(N(c2cccc3c2Cc2ccccc2-3)c2ccc3ccccc3c2-c2c(N(c3ccccc3)c3cccc4c3Cc3ccccc3-4)ccc3ccccc23)cc1. The van der Waals surface area contributed by atoms with Crippen molar-refractivity contribution >= 4 is 55.7 Å². The van der Waals surface area contributed by atoms with Gasteiger partial charge in [0.25, 0.3) is 0 Å². The lowest BCUT2D eigenvalue weighted by Crippen LogP contribution is -2.16. The van der Waals surface area contributed by atoms with Gasteiger partial charge in [-0.05, 0) is 115 Å². The van der Waals surface area contributed by atoms with Crippen molar-refractivity contribution in [3.63, 3.8) is 0 Å². The average molecular weight is 765 g/mol. The zero-order chi connectivity index (χ0) is 39.6. The van der Waals surface area contributed by atoms with Gasteiger partial charge >= 0.3 is 0 Å². The molecule has 0 N–H and O–H groups in total. The summed E-state index contributed by atoms with van der Waals surface area (Å²) in [4.78, 5) is 5.06. The Kier molecular flexibility index (Phi) is 8.02. The second kappa shape index (κ2) is 14.0. The lowest BCUT2D eigenvalue weighted by Gasteiger charge is -2.34. The Morgan fingerprint density at radius 3 is 1.12 bits per heavy atom. The number of hydrogen-bond acceptors (Lipinski definition) is 2. The van der Waals surface area contributed by atoms with Gasteiger partial charge in [0.1, 0.15) is 0 Å². The quantitative estimate of drug-likeness (QED) is 0.159. The second-order valence-electron chi connectivity index (χ2n) is 16.0. The van der Waals surface area contributed by atoms with E-state index in [4.69, 9.17) is 0 Å². The van der Waals surface area contributed by atoms with E-state index in [9.17, 15) is 0 Å². The summed E-state index contributed by atoms with van der Waals surface area (Å²) in [6.07, 6.45) is 1.77. The first kappa shape index (κ1) is 34.4. The average Bonchev–Trinajstić information content (AvgIpc) is 3.90. The van der Waals surface area contributed by atoms with Crippen molar-refractivity contribution in [1.29, 1.82) is 0 Å². The van der Waals surface area contributed by atoms with Crippen LogP contribution in [0.4, 0.5) is 34.1 Å². The number of para-hydroxylation sites is 2. The van der Waals surface area contributed by atoms with Crippen LogP contribution < -0.4 is 9.80 Å². The predicted molar refractivity (Wildman–Crippen MR) is 253 cm³/mol. The molecule has 0 radical (unpaired) electrons. The molecule has 0 saturated carbocycles. The summed E-state index contributed by atoms with van der Waals surface area (Å²) in [5, 5.41) is 4.83. The van der Waals surface area contributed by atoms with Crippen molar-refractivity contribution in [2.24, 2.45) is 0 Å². The van der Waals surface area contributed by atoms with E-state index in [1.54, 1.807) is 0 Å². The fourth-order valence-electron chi connectivity index (χ4n) is 10.1. The maximum Gasteiger partial charge on any atom is 0.0547 e. The van der Waals surface area contributed by atoms with Gasteiger partial charge in [-0.15, -0.1) is 0 Å². The van der Waals surface area contributed by atoms with Crippen LogP contribution in [0.2, 0.25) is 0 Å². The fraction of sp³-hybridized carbons (Fsp3) is 0.0345. The molecule has 0 fully saturated rings. The van der Waals surface area contributed by atoms with Crippen molar-refractivity contribution in [3.8, 4) is 33.4 Å². The molecular formula is C58H40N2. The van der Waals surface area contributed by atoms with E-state index in [1.807, 2.05) is 0 Å².